The minimum atomic E-state index is -4.39. The first-order valence-corrected chi connectivity index (χ1v) is 7.10. The molecule has 23 heavy (non-hydrogen) atoms. The predicted octanol–water partition coefficient (Wildman–Crippen LogP) is 2.62. The zero-order valence-corrected chi connectivity index (χ0v) is 13.5. The normalized spacial score (nSPS) is 19.9. The largest absolute Gasteiger partial charge is 0.416 e. The molecule has 1 aliphatic heterocycles. The number of morpholine rings is 1. The Labute approximate surface area is 139 Å². The van der Waals surface area contributed by atoms with E-state index < -0.39 is 17.8 Å². The highest BCUT2D eigenvalue weighted by Crippen LogP contribution is 2.32. The smallest absolute Gasteiger partial charge is 0.370 e. The van der Waals surface area contributed by atoms with E-state index in [2.05, 4.69) is 0 Å². The van der Waals surface area contributed by atoms with E-state index in [-0.39, 0.29) is 37.3 Å². The summed E-state index contributed by atoms with van der Waals surface area (Å²) in [6, 6.07) is 5.03. The van der Waals surface area contributed by atoms with Crippen LogP contribution in [-0.4, -0.2) is 37.0 Å². The zero-order chi connectivity index (χ0) is 16.3. The number of carbonyl (C=O) groups excluding carboxylic acids is 1. The molecule has 2 rings (SSSR count). The number of rotatable bonds is 3. The second-order valence-electron chi connectivity index (χ2n) is 5.40. The summed E-state index contributed by atoms with van der Waals surface area (Å²) in [5, 5.41) is 0. The fourth-order valence-electron chi connectivity index (χ4n) is 2.38. The van der Waals surface area contributed by atoms with Gasteiger partial charge in [-0.05, 0) is 17.7 Å². The molecule has 0 aromatic heterocycles. The van der Waals surface area contributed by atoms with Gasteiger partial charge in [-0.2, -0.15) is 13.2 Å². The molecule has 0 radical (unpaired) electrons. The second-order valence-corrected chi connectivity index (χ2v) is 5.40. The average Bonchev–Trinajstić information content (AvgIpc) is 2.53. The third-order valence-corrected chi connectivity index (χ3v) is 3.74. The number of amides is 1. The molecule has 1 heterocycles. The van der Waals surface area contributed by atoms with Crippen LogP contribution in [0, 0.1) is 5.92 Å². The van der Waals surface area contributed by atoms with E-state index >= 15 is 0 Å². The third kappa shape index (κ3) is 4.83. The van der Waals surface area contributed by atoms with Crippen molar-refractivity contribution in [2.24, 2.45) is 11.7 Å². The highest BCUT2D eigenvalue weighted by atomic mass is 35.5. The van der Waals surface area contributed by atoms with Crippen LogP contribution in [0.2, 0.25) is 0 Å². The van der Waals surface area contributed by atoms with Crippen molar-refractivity contribution in [2.75, 3.05) is 26.2 Å². The second kappa shape index (κ2) is 7.99. The molecule has 8 heteroatoms. The van der Waals surface area contributed by atoms with Gasteiger partial charge in [0, 0.05) is 19.0 Å². The van der Waals surface area contributed by atoms with E-state index in [1.54, 1.807) is 17.9 Å². The molecule has 2 unspecified atom stereocenters. The maximum Gasteiger partial charge on any atom is 0.416 e. The lowest BCUT2D eigenvalue weighted by Crippen LogP contribution is -2.45. The van der Waals surface area contributed by atoms with Crippen LogP contribution in [0.5, 0.6) is 0 Å². The van der Waals surface area contributed by atoms with E-state index in [1.165, 1.54) is 6.07 Å². The number of hydrogen-bond donors (Lipinski definition) is 1. The molecule has 2 atom stereocenters. The van der Waals surface area contributed by atoms with Crippen LogP contribution in [0.4, 0.5) is 13.2 Å². The average molecular weight is 353 g/mol. The van der Waals surface area contributed by atoms with Crippen molar-refractivity contribution in [2.45, 2.75) is 19.2 Å². The first-order valence-electron chi connectivity index (χ1n) is 7.10. The number of halogens is 4. The Bertz CT molecular complexity index is 540. The van der Waals surface area contributed by atoms with Crippen molar-refractivity contribution >= 4 is 18.3 Å². The molecular formula is C15H20ClF3N2O2. The topological polar surface area (TPSA) is 55.6 Å². The maximum absolute atomic E-state index is 12.8. The maximum atomic E-state index is 12.8. The third-order valence-electron chi connectivity index (χ3n) is 3.74. The number of benzene rings is 1. The van der Waals surface area contributed by atoms with Gasteiger partial charge in [0.05, 0.1) is 18.7 Å². The van der Waals surface area contributed by atoms with Crippen LogP contribution in [0.3, 0.4) is 0 Å². The van der Waals surface area contributed by atoms with Crippen molar-refractivity contribution in [3.63, 3.8) is 0 Å². The number of alkyl halides is 3. The molecule has 1 aromatic carbocycles. The number of hydrogen-bond acceptors (Lipinski definition) is 3. The van der Waals surface area contributed by atoms with Gasteiger partial charge in [-0.25, -0.2) is 0 Å². The lowest BCUT2D eigenvalue weighted by atomic mass is 10.0. The molecule has 0 spiro atoms. The van der Waals surface area contributed by atoms with E-state index in [9.17, 15) is 18.0 Å². The zero-order valence-electron chi connectivity index (χ0n) is 12.7. The molecule has 0 saturated carbocycles. The van der Waals surface area contributed by atoms with Gasteiger partial charge in [0.2, 0.25) is 5.91 Å². The summed E-state index contributed by atoms with van der Waals surface area (Å²) in [5.41, 5.74) is 5.20. The highest BCUT2D eigenvalue weighted by molar-refractivity contribution is 5.85. The Kier molecular flexibility index (Phi) is 6.85. The summed E-state index contributed by atoms with van der Waals surface area (Å²) in [4.78, 5) is 13.7. The van der Waals surface area contributed by atoms with E-state index in [0.29, 0.717) is 18.7 Å². The Morgan fingerprint density at radius 2 is 2.17 bits per heavy atom. The highest BCUT2D eigenvalue weighted by Gasteiger charge is 2.32. The van der Waals surface area contributed by atoms with Crippen molar-refractivity contribution in [3.05, 3.63) is 35.4 Å². The predicted molar refractivity (Wildman–Crippen MR) is 82.2 cm³/mol. The molecule has 0 bridgehead atoms. The van der Waals surface area contributed by atoms with Gasteiger partial charge in [0.15, 0.2) is 0 Å². The summed E-state index contributed by atoms with van der Waals surface area (Å²) in [7, 11) is 0. The van der Waals surface area contributed by atoms with Crippen molar-refractivity contribution in [3.8, 4) is 0 Å². The Balaban J connectivity index is 0.00000264. The van der Waals surface area contributed by atoms with E-state index in [0.717, 1.165) is 12.1 Å². The Morgan fingerprint density at radius 3 is 2.78 bits per heavy atom. The minimum Gasteiger partial charge on any atom is -0.370 e. The van der Waals surface area contributed by atoms with Gasteiger partial charge in [-0.15, -0.1) is 12.4 Å². The van der Waals surface area contributed by atoms with Gasteiger partial charge in [-0.3, -0.25) is 4.79 Å². The first-order chi connectivity index (χ1) is 10.3. The standard InChI is InChI=1S/C15H19F3N2O2.ClH/c1-10(8-19)14(21)20-5-6-22-13(9-20)11-3-2-4-12(7-11)15(16,17)18;/h2-4,7,10,13H,5-6,8-9,19H2,1H3;1H. The molecule has 2 N–H and O–H groups in total. The number of nitrogens with zero attached hydrogens (tertiary/aromatic N) is 1. The fraction of sp³-hybridized carbons (Fsp3) is 0.533. The van der Waals surface area contributed by atoms with Crippen LogP contribution >= 0.6 is 12.4 Å². The van der Waals surface area contributed by atoms with Gasteiger partial charge in [0.1, 0.15) is 6.10 Å². The molecule has 0 aliphatic carbocycles. The summed E-state index contributed by atoms with van der Waals surface area (Å²) in [6.07, 6.45) is -4.95. The quantitative estimate of drug-likeness (QED) is 0.909. The molecule has 1 amide bonds. The SMILES string of the molecule is CC(CN)C(=O)N1CCOC(c2cccc(C(F)(F)F)c2)C1.Cl. The Hall–Kier alpha value is -1.31. The van der Waals surface area contributed by atoms with Gasteiger partial charge < -0.3 is 15.4 Å². The molecule has 1 aromatic rings. The van der Waals surface area contributed by atoms with Crippen LogP contribution in [-0.2, 0) is 15.7 Å². The van der Waals surface area contributed by atoms with Crippen LogP contribution in [0.15, 0.2) is 24.3 Å². The summed E-state index contributed by atoms with van der Waals surface area (Å²) in [5.74, 6) is -0.400. The number of ether oxygens (including phenoxy) is 1. The fourth-order valence-corrected chi connectivity index (χ4v) is 2.38. The number of carbonyl (C=O) groups is 1. The summed E-state index contributed by atoms with van der Waals surface area (Å²) in [6.45, 7) is 2.94. The molecule has 4 nitrogen and oxygen atoms in total. The summed E-state index contributed by atoms with van der Waals surface area (Å²) >= 11 is 0. The van der Waals surface area contributed by atoms with E-state index in [4.69, 9.17) is 10.5 Å². The van der Waals surface area contributed by atoms with Crippen molar-refractivity contribution < 1.29 is 22.7 Å². The van der Waals surface area contributed by atoms with Crippen molar-refractivity contribution in [1.29, 1.82) is 0 Å². The van der Waals surface area contributed by atoms with Crippen molar-refractivity contribution in [1.82, 2.24) is 4.90 Å². The number of nitrogens with two attached hydrogens (primary N) is 1. The lowest BCUT2D eigenvalue weighted by Gasteiger charge is -2.34. The first kappa shape index (κ1) is 19.7. The van der Waals surface area contributed by atoms with Crippen LogP contribution in [0.1, 0.15) is 24.2 Å². The molecule has 130 valence electrons. The van der Waals surface area contributed by atoms with Crippen LogP contribution < -0.4 is 5.73 Å². The summed E-state index contributed by atoms with van der Waals surface area (Å²) < 4.78 is 43.9. The van der Waals surface area contributed by atoms with Crippen LogP contribution in [0.25, 0.3) is 0 Å². The van der Waals surface area contributed by atoms with Gasteiger partial charge in [0.25, 0.3) is 0 Å². The molecule has 1 saturated heterocycles. The monoisotopic (exact) mass is 352 g/mol. The molecule has 1 fully saturated rings. The minimum absolute atomic E-state index is 0. The van der Waals surface area contributed by atoms with Gasteiger partial charge in [-0.1, -0.05) is 19.1 Å². The molecular weight excluding hydrogens is 333 g/mol. The lowest BCUT2D eigenvalue weighted by molar-refractivity contribution is -0.143. The Morgan fingerprint density at radius 1 is 1.48 bits per heavy atom. The van der Waals surface area contributed by atoms with Gasteiger partial charge >= 0.3 is 6.18 Å². The van der Waals surface area contributed by atoms with E-state index in [1.807, 2.05) is 0 Å². The molecule has 1 aliphatic rings.